The molecule has 1 saturated heterocycles. The molecular formula is C25H29ClN6O3. The molecule has 3 aromatic rings. The summed E-state index contributed by atoms with van der Waals surface area (Å²) in [6.45, 7) is 6.00. The topological polar surface area (TPSA) is 95.2 Å². The van der Waals surface area contributed by atoms with E-state index >= 15 is 0 Å². The smallest absolute Gasteiger partial charge is 0.251 e. The molecule has 3 atom stereocenters. The van der Waals surface area contributed by atoms with Gasteiger partial charge in [0.05, 0.1) is 30.0 Å². The molecular weight excluding hydrogens is 468 g/mol. The quantitative estimate of drug-likeness (QED) is 0.559. The van der Waals surface area contributed by atoms with Crippen LogP contribution in [0.15, 0.2) is 43.0 Å². The molecule has 0 bridgehead atoms. The number of nitrogens with one attached hydrogen (secondary N) is 1. The standard InChI is InChI=1S/C25H29ClN6O3/c1-15-6-18(26)8-21(20(15)9-19-11-27-10-16(2)35-19)24-22-7-17(13-32(22)29-14-28-24)12-31-23(33)4-5-30(3)25(31)34/h4-8,13-14,16,19,25,27,34H,9-12H2,1-3H3/t16-,19?,25?/m0/s1. The minimum absolute atomic E-state index is 0.0502. The van der Waals surface area contributed by atoms with E-state index in [4.69, 9.17) is 16.3 Å². The summed E-state index contributed by atoms with van der Waals surface area (Å²) in [5, 5.41) is 18.9. The average Bonchev–Trinajstić information content (AvgIpc) is 3.24. The number of morpholine rings is 1. The van der Waals surface area contributed by atoms with E-state index < -0.39 is 6.35 Å². The van der Waals surface area contributed by atoms with Crippen molar-refractivity contribution in [2.75, 3.05) is 20.1 Å². The number of benzene rings is 1. The molecule has 2 aliphatic heterocycles. The van der Waals surface area contributed by atoms with E-state index in [1.165, 1.54) is 17.3 Å². The average molecular weight is 497 g/mol. The molecule has 0 aliphatic carbocycles. The maximum Gasteiger partial charge on any atom is 0.251 e. The lowest BCUT2D eigenvalue weighted by Crippen LogP contribution is -2.49. The molecule has 0 radical (unpaired) electrons. The Kier molecular flexibility index (Phi) is 6.50. The second kappa shape index (κ2) is 9.58. The summed E-state index contributed by atoms with van der Waals surface area (Å²) >= 11 is 6.49. The number of amides is 1. The number of rotatable bonds is 5. The van der Waals surface area contributed by atoms with Crippen LogP contribution in [0.1, 0.15) is 23.6 Å². The van der Waals surface area contributed by atoms with Crippen molar-refractivity contribution >= 4 is 23.0 Å². The number of carbonyl (C=O) groups is 1. The molecule has 0 saturated carbocycles. The van der Waals surface area contributed by atoms with Crippen LogP contribution in [0.4, 0.5) is 0 Å². The Hall–Kier alpha value is -2.98. The summed E-state index contributed by atoms with van der Waals surface area (Å²) in [5.74, 6) is -0.250. The predicted molar refractivity (Wildman–Crippen MR) is 133 cm³/mol. The lowest BCUT2D eigenvalue weighted by atomic mass is 9.93. The number of nitrogens with zero attached hydrogens (tertiary/aromatic N) is 5. The van der Waals surface area contributed by atoms with Crippen LogP contribution in [0.5, 0.6) is 0 Å². The molecule has 2 N–H and O–H groups in total. The van der Waals surface area contributed by atoms with Crippen LogP contribution < -0.4 is 5.32 Å². The first-order chi connectivity index (χ1) is 16.8. The highest BCUT2D eigenvalue weighted by atomic mass is 35.5. The number of aromatic nitrogens is 3. The fraction of sp³-hybridized carbons (Fsp3) is 0.400. The van der Waals surface area contributed by atoms with Crippen molar-refractivity contribution in [3.63, 3.8) is 0 Å². The van der Waals surface area contributed by atoms with Crippen LogP contribution in [-0.4, -0.2) is 74.1 Å². The molecule has 1 fully saturated rings. The molecule has 5 rings (SSSR count). The van der Waals surface area contributed by atoms with E-state index in [2.05, 4.69) is 29.2 Å². The van der Waals surface area contributed by atoms with Gasteiger partial charge in [0.1, 0.15) is 6.33 Å². The van der Waals surface area contributed by atoms with Crippen molar-refractivity contribution in [1.82, 2.24) is 29.7 Å². The van der Waals surface area contributed by atoms with Crippen molar-refractivity contribution in [1.29, 1.82) is 0 Å². The van der Waals surface area contributed by atoms with Crippen LogP contribution in [-0.2, 0) is 22.5 Å². The van der Waals surface area contributed by atoms with Gasteiger partial charge in [0, 0.05) is 55.6 Å². The number of ether oxygens (including phenoxy) is 1. The molecule has 0 spiro atoms. The first-order valence-electron chi connectivity index (χ1n) is 11.7. The minimum atomic E-state index is -1.03. The van der Waals surface area contributed by atoms with Crippen molar-refractivity contribution < 1.29 is 14.6 Å². The molecule has 2 unspecified atom stereocenters. The van der Waals surface area contributed by atoms with Gasteiger partial charge in [0.2, 0.25) is 6.35 Å². The van der Waals surface area contributed by atoms with Crippen LogP contribution in [0, 0.1) is 6.92 Å². The Morgan fingerprint density at radius 3 is 2.91 bits per heavy atom. The highest BCUT2D eigenvalue weighted by Gasteiger charge is 2.27. The van der Waals surface area contributed by atoms with Crippen molar-refractivity contribution in [3.8, 4) is 11.3 Å². The summed E-state index contributed by atoms with van der Waals surface area (Å²) in [6, 6.07) is 5.86. The third-order valence-corrected chi connectivity index (χ3v) is 6.77. The maximum absolute atomic E-state index is 12.4. The zero-order valence-electron chi connectivity index (χ0n) is 20.0. The van der Waals surface area contributed by atoms with Gasteiger partial charge in [-0.15, -0.1) is 0 Å². The van der Waals surface area contributed by atoms with Crippen LogP contribution in [0.2, 0.25) is 5.02 Å². The Balaban J connectivity index is 1.52. The molecule has 1 amide bonds. The van der Waals surface area contributed by atoms with E-state index in [9.17, 15) is 9.90 Å². The van der Waals surface area contributed by atoms with Gasteiger partial charge in [0.15, 0.2) is 0 Å². The maximum atomic E-state index is 12.4. The summed E-state index contributed by atoms with van der Waals surface area (Å²) in [7, 11) is 1.72. The molecule has 10 heteroatoms. The van der Waals surface area contributed by atoms with Crippen molar-refractivity contribution in [2.24, 2.45) is 0 Å². The van der Waals surface area contributed by atoms with Gasteiger partial charge in [-0.3, -0.25) is 9.69 Å². The Morgan fingerprint density at radius 1 is 1.29 bits per heavy atom. The number of hydrogen-bond donors (Lipinski definition) is 2. The molecule has 184 valence electrons. The Morgan fingerprint density at radius 2 is 2.11 bits per heavy atom. The first kappa shape index (κ1) is 23.7. The number of aliphatic hydroxyl groups is 1. The van der Waals surface area contributed by atoms with Gasteiger partial charge >= 0.3 is 0 Å². The zero-order chi connectivity index (χ0) is 24.7. The van der Waals surface area contributed by atoms with Gasteiger partial charge in [0.25, 0.3) is 5.91 Å². The first-order valence-corrected chi connectivity index (χ1v) is 12.0. The summed E-state index contributed by atoms with van der Waals surface area (Å²) in [4.78, 5) is 20.0. The third-order valence-electron chi connectivity index (χ3n) is 6.55. The van der Waals surface area contributed by atoms with E-state index in [1.807, 2.05) is 24.4 Å². The second-order valence-corrected chi connectivity index (χ2v) is 9.70. The number of fused-ring (bicyclic) bond motifs is 1. The molecule has 9 nitrogen and oxygen atoms in total. The fourth-order valence-corrected chi connectivity index (χ4v) is 5.07. The van der Waals surface area contributed by atoms with E-state index in [0.717, 1.165) is 53.0 Å². The van der Waals surface area contributed by atoms with Gasteiger partial charge in [-0.2, -0.15) is 5.10 Å². The Bertz CT molecular complexity index is 1290. The van der Waals surface area contributed by atoms with E-state index in [0.29, 0.717) is 5.02 Å². The number of halogens is 1. The monoisotopic (exact) mass is 496 g/mol. The van der Waals surface area contributed by atoms with Crippen LogP contribution >= 0.6 is 11.6 Å². The predicted octanol–water partition coefficient (Wildman–Crippen LogP) is 2.34. The number of aryl methyl sites for hydroxylation is 1. The van der Waals surface area contributed by atoms with Gasteiger partial charge in [-0.05, 0) is 48.7 Å². The van der Waals surface area contributed by atoms with Gasteiger partial charge < -0.3 is 20.1 Å². The normalized spacial score (nSPS) is 22.9. The highest BCUT2D eigenvalue weighted by molar-refractivity contribution is 6.31. The summed E-state index contributed by atoms with van der Waals surface area (Å²) in [6.07, 6.45) is 6.29. The lowest BCUT2D eigenvalue weighted by molar-refractivity contribution is -0.152. The van der Waals surface area contributed by atoms with Gasteiger partial charge in [-0.25, -0.2) is 9.50 Å². The van der Waals surface area contributed by atoms with E-state index in [1.54, 1.807) is 22.7 Å². The highest BCUT2D eigenvalue weighted by Crippen LogP contribution is 2.33. The van der Waals surface area contributed by atoms with Crippen molar-refractivity contribution in [3.05, 3.63) is 64.7 Å². The van der Waals surface area contributed by atoms with Crippen LogP contribution in [0.3, 0.4) is 0 Å². The molecule has 4 heterocycles. The zero-order valence-corrected chi connectivity index (χ0v) is 20.7. The molecule has 2 aliphatic rings. The number of carbonyl (C=O) groups excluding carboxylic acids is 1. The van der Waals surface area contributed by atoms with E-state index in [-0.39, 0.29) is 24.7 Å². The molecule has 2 aromatic heterocycles. The van der Waals surface area contributed by atoms with Gasteiger partial charge in [-0.1, -0.05) is 11.6 Å². The molecule has 35 heavy (non-hydrogen) atoms. The third kappa shape index (κ3) is 4.77. The summed E-state index contributed by atoms with van der Waals surface area (Å²) < 4.78 is 7.92. The Labute approximate surface area is 208 Å². The van der Waals surface area contributed by atoms with Crippen molar-refractivity contribution in [2.45, 2.75) is 45.4 Å². The molecule has 1 aromatic carbocycles. The minimum Gasteiger partial charge on any atom is -0.372 e. The fourth-order valence-electron chi connectivity index (χ4n) is 4.80. The lowest BCUT2D eigenvalue weighted by Gasteiger charge is -2.35. The SMILES string of the molecule is Cc1cc(Cl)cc(-c2ncnn3cc(CN4C(=O)C=CN(C)C4O)cc23)c1CC1CNC[C@H](C)O1. The number of aliphatic hydroxyl groups excluding tert-OH is 1. The summed E-state index contributed by atoms with van der Waals surface area (Å²) in [5.41, 5.74) is 5.53. The number of hydrogen-bond acceptors (Lipinski definition) is 7. The van der Waals surface area contributed by atoms with Crippen LogP contribution in [0.25, 0.3) is 16.8 Å². The second-order valence-electron chi connectivity index (χ2n) is 9.26. The largest absolute Gasteiger partial charge is 0.372 e.